The van der Waals surface area contributed by atoms with Gasteiger partial charge in [0.05, 0.1) is 0 Å². The molecule has 0 aromatic heterocycles. The fraction of sp³-hybridized carbons (Fsp3) is 0.846. The first kappa shape index (κ1) is 13.4. The van der Waals surface area contributed by atoms with Gasteiger partial charge in [0.1, 0.15) is 5.60 Å². The SMILES string of the molecule is C=C(NC1CCN(C(C)C)C1)OC(C)(C)C. The van der Waals surface area contributed by atoms with Crippen molar-refractivity contribution in [3.8, 4) is 0 Å². The van der Waals surface area contributed by atoms with Crippen LogP contribution in [0.5, 0.6) is 0 Å². The Morgan fingerprint density at radius 2 is 2.06 bits per heavy atom. The fourth-order valence-corrected chi connectivity index (χ4v) is 2.00. The number of ether oxygens (including phenoxy) is 1. The zero-order valence-electron chi connectivity index (χ0n) is 11.3. The van der Waals surface area contributed by atoms with Crippen molar-refractivity contribution in [2.24, 2.45) is 0 Å². The van der Waals surface area contributed by atoms with Gasteiger partial charge < -0.3 is 10.1 Å². The molecule has 94 valence electrons. The summed E-state index contributed by atoms with van der Waals surface area (Å²) in [5.74, 6) is 0.697. The highest BCUT2D eigenvalue weighted by molar-refractivity contribution is 4.91. The maximum absolute atomic E-state index is 5.67. The van der Waals surface area contributed by atoms with E-state index in [0.29, 0.717) is 18.0 Å². The molecule has 16 heavy (non-hydrogen) atoms. The minimum Gasteiger partial charge on any atom is -0.474 e. The third-order valence-corrected chi connectivity index (χ3v) is 2.74. The first-order valence-electron chi connectivity index (χ1n) is 6.16. The van der Waals surface area contributed by atoms with Crippen molar-refractivity contribution in [3.05, 3.63) is 12.5 Å². The predicted octanol–water partition coefficient (Wildman–Crippen LogP) is 2.34. The van der Waals surface area contributed by atoms with Crippen LogP contribution < -0.4 is 5.32 Å². The van der Waals surface area contributed by atoms with E-state index in [1.54, 1.807) is 0 Å². The van der Waals surface area contributed by atoms with Gasteiger partial charge >= 0.3 is 0 Å². The second-order valence-corrected chi connectivity index (χ2v) is 5.86. The van der Waals surface area contributed by atoms with Crippen molar-refractivity contribution in [1.29, 1.82) is 0 Å². The van der Waals surface area contributed by atoms with Crippen LogP contribution in [0.15, 0.2) is 12.5 Å². The summed E-state index contributed by atoms with van der Waals surface area (Å²) in [5, 5.41) is 3.36. The van der Waals surface area contributed by atoms with Gasteiger partial charge in [0.25, 0.3) is 0 Å². The maximum Gasteiger partial charge on any atom is 0.180 e. The van der Waals surface area contributed by atoms with Crippen LogP contribution >= 0.6 is 0 Å². The number of hydrogen-bond acceptors (Lipinski definition) is 3. The molecule has 0 bridgehead atoms. The van der Waals surface area contributed by atoms with Crippen LogP contribution in [-0.2, 0) is 4.74 Å². The number of nitrogens with zero attached hydrogens (tertiary/aromatic N) is 1. The molecule has 0 spiro atoms. The minimum absolute atomic E-state index is 0.166. The van der Waals surface area contributed by atoms with Gasteiger partial charge in [0.15, 0.2) is 5.88 Å². The maximum atomic E-state index is 5.67. The molecule has 1 unspecified atom stereocenters. The molecule has 1 rings (SSSR count). The summed E-state index contributed by atoms with van der Waals surface area (Å²) in [4.78, 5) is 2.47. The molecule has 3 nitrogen and oxygen atoms in total. The van der Waals surface area contributed by atoms with E-state index < -0.39 is 0 Å². The topological polar surface area (TPSA) is 24.5 Å². The van der Waals surface area contributed by atoms with Crippen LogP contribution in [0.25, 0.3) is 0 Å². The van der Waals surface area contributed by atoms with E-state index in [1.807, 2.05) is 20.8 Å². The van der Waals surface area contributed by atoms with Crippen molar-refractivity contribution >= 4 is 0 Å². The monoisotopic (exact) mass is 226 g/mol. The molecule has 0 aliphatic carbocycles. The lowest BCUT2D eigenvalue weighted by molar-refractivity contribution is 0.0385. The molecular formula is C13H26N2O. The molecule has 1 N–H and O–H groups in total. The van der Waals surface area contributed by atoms with Gasteiger partial charge in [-0.3, -0.25) is 4.90 Å². The van der Waals surface area contributed by atoms with Crippen LogP contribution in [0.1, 0.15) is 41.0 Å². The highest BCUT2D eigenvalue weighted by Crippen LogP contribution is 2.15. The Labute approximate surface area is 99.8 Å². The Morgan fingerprint density at radius 3 is 2.50 bits per heavy atom. The molecule has 0 aromatic rings. The van der Waals surface area contributed by atoms with E-state index in [1.165, 1.54) is 6.42 Å². The molecule has 1 aliphatic heterocycles. The van der Waals surface area contributed by atoms with Crippen molar-refractivity contribution in [2.75, 3.05) is 13.1 Å². The minimum atomic E-state index is -0.166. The van der Waals surface area contributed by atoms with Gasteiger partial charge in [-0.2, -0.15) is 0 Å². The van der Waals surface area contributed by atoms with Gasteiger partial charge in [-0.1, -0.05) is 0 Å². The molecule has 1 heterocycles. The number of likely N-dealkylation sites (tertiary alicyclic amines) is 1. The number of hydrogen-bond donors (Lipinski definition) is 1. The van der Waals surface area contributed by atoms with E-state index in [2.05, 4.69) is 30.6 Å². The molecule has 1 saturated heterocycles. The molecule has 1 aliphatic rings. The summed E-state index contributed by atoms with van der Waals surface area (Å²) < 4.78 is 5.67. The summed E-state index contributed by atoms with van der Waals surface area (Å²) in [6.07, 6.45) is 1.17. The molecule has 0 saturated carbocycles. The fourth-order valence-electron chi connectivity index (χ4n) is 2.00. The third kappa shape index (κ3) is 4.44. The van der Waals surface area contributed by atoms with Crippen LogP contribution in [0, 0.1) is 0 Å². The van der Waals surface area contributed by atoms with Gasteiger partial charge in [-0.05, 0) is 47.6 Å². The van der Waals surface area contributed by atoms with Gasteiger partial charge in [-0.15, -0.1) is 0 Å². The summed E-state index contributed by atoms with van der Waals surface area (Å²) >= 11 is 0. The summed E-state index contributed by atoms with van der Waals surface area (Å²) in [5.41, 5.74) is -0.166. The Morgan fingerprint density at radius 1 is 1.44 bits per heavy atom. The average molecular weight is 226 g/mol. The van der Waals surface area contributed by atoms with Crippen molar-refractivity contribution < 1.29 is 4.74 Å². The predicted molar refractivity (Wildman–Crippen MR) is 68.2 cm³/mol. The smallest absolute Gasteiger partial charge is 0.180 e. The summed E-state index contributed by atoms with van der Waals surface area (Å²) in [7, 11) is 0. The van der Waals surface area contributed by atoms with Crippen molar-refractivity contribution in [2.45, 2.75) is 58.7 Å². The number of rotatable bonds is 4. The second kappa shape index (κ2) is 5.09. The lowest BCUT2D eigenvalue weighted by Gasteiger charge is -2.26. The van der Waals surface area contributed by atoms with Crippen molar-refractivity contribution in [1.82, 2.24) is 10.2 Å². The van der Waals surface area contributed by atoms with E-state index >= 15 is 0 Å². The molecule has 0 amide bonds. The van der Waals surface area contributed by atoms with Gasteiger partial charge in [0, 0.05) is 25.2 Å². The zero-order chi connectivity index (χ0) is 12.3. The van der Waals surface area contributed by atoms with Crippen LogP contribution in [0.3, 0.4) is 0 Å². The Hall–Kier alpha value is -0.700. The van der Waals surface area contributed by atoms with Gasteiger partial charge in [-0.25, -0.2) is 0 Å². The van der Waals surface area contributed by atoms with Crippen LogP contribution in [-0.4, -0.2) is 35.7 Å². The highest BCUT2D eigenvalue weighted by atomic mass is 16.5. The highest BCUT2D eigenvalue weighted by Gasteiger charge is 2.25. The zero-order valence-corrected chi connectivity index (χ0v) is 11.3. The van der Waals surface area contributed by atoms with Crippen LogP contribution in [0.2, 0.25) is 0 Å². The Balaban J connectivity index is 2.32. The molecule has 1 atom stereocenters. The summed E-state index contributed by atoms with van der Waals surface area (Å²) in [6, 6.07) is 1.11. The van der Waals surface area contributed by atoms with E-state index in [9.17, 15) is 0 Å². The van der Waals surface area contributed by atoms with Gasteiger partial charge in [0.2, 0.25) is 0 Å². The van der Waals surface area contributed by atoms with E-state index in [4.69, 9.17) is 4.74 Å². The lowest BCUT2D eigenvalue weighted by Crippen LogP contribution is -2.36. The standard InChI is InChI=1S/C13H26N2O/c1-10(2)15-8-7-12(9-15)14-11(3)16-13(4,5)6/h10,12,14H,3,7-9H2,1-2,4-6H3. The molecule has 0 radical (unpaired) electrons. The first-order valence-corrected chi connectivity index (χ1v) is 6.16. The van der Waals surface area contributed by atoms with E-state index in [-0.39, 0.29) is 5.60 Å². The molecule has 0 aromatic carbocycles. The average Bonchev–Trinajstić information content (AvgIpc) is 2.48. The molecule has 3 heteroatoms. The molecular weight excluding hydrogens is 200 g/mol. The van der Waals surface area contributed by atoms with Crippen molar-refractivity contribution in [3.63, 3.8) is 0 Å². The van der Waals surface area contributed by atoms with Crippen LogP contribution in [0.4, 0.5) is 0 Å². The third-order valence-electron chi connectivity index (χ3n) is 2.74. The summed E-state index contributed by atoms with van der Waals surface area (Å²) in [6.45, 7) is 16.8. The van der Waals surface area contributed by atoms with E-state index in [0.717, 1.165) is 13.1 Å². The normalized spacial score (nSPS) is 22.5. The largest absolute Gasteiger partial charge is 0.474 e. The quantitative estimate of drug-likeness (QED) is 0.745. The molecule has 1 fully saturated rings. The lowest BCUT2D eigenvalue weighted by atomic mass is 10.2. The Bertz CT molecular complexity index is 243. The second-order valence-electron chi connectivity index (χ2n) is 5.86. The number of nitrogens with one attached hydrogen (secondary N) is 1. The Kier molecular flexibility index (Phi) is 4.25. The first-order chi connectivity index (χ1) is 7.28.